The first-order valence-electron chi connectivity index (χ1n) is 1.63. The van der Waals surface area contributed by atoms with Crippen molar-refractivity contribution in [2.24, 2.45) is 5.73 Å². The van der Waals surface area contributed by atoms with Gasteiger partial charge in [0.1, 0.15) is 6.29 Å². The maximum atomic E-state index is 9.56. The van der Waals surface area contributed by atoms with Crippen LogP contribution in [0.25, 0.3) is 0 Å². The lowest BCUT2D eigenvalue weighted by Gasteiger charge is -1.90. The van der Waals surface area contributed by atoms with Gasteiger partial charge in [0.25, 0.3) is 0 Å². The largest absolute Gasteiger partial charge is 0.321 e. The fraction of sp³-hybridized carbons (Fsp3) is 0.833. The van der Waals surface area contributed by atoms with Gasteiger partial charge in [-0.2, -0.15) is 12.6 Å². The molecule has 0 unspecified atom stereocenters. The summed E-state index contributed by atoms with van der Waals surface area (Å²) in [5.41, 5.74) is 5.03. The molecular formula is C6H19NOS. The quantitative estimate of drug-likeness (QED) is 0.464. The predicted octanol–water partition coefficient (Wildman–Crippen LogP) is 1.35. The molecule has 0 aromatic rings. The topological polar surface area (TPSA) is 43.1 Å². The van der Waals surface area contributed by atoms with Crippen LogP contribution < -0.4 is 5.73 Å². The number of hydrogen-bond acceptors (Lipinski definition) is 3. The third kappa shape index (κ3) is 18.0. The molecule has 0 fully saturated rings. The maximum Gasteiger partial charge on any atom is 0.137 e. The monoisotopic (exact) mass is 153 g/mol. The van der Waals surface area contributed by atoms with Crippen LogP contribution in [0.4, 0.5) is 0 Å². The zero-order valence-corrected chi connectivity index (χ0v) is 4.19. The number of nitrogens with two attached hydrogens (primary N) is 1. The van der Waals surface area contributed by atoms with Crippen molar-refractivity contribution in [2.45, 2.75) is 28.3 Å². The van der Waals surface area contributed by atoms with E-state index in [-0.39, 0.29) is 28.3 Å². The smallest absolute Gasteiger partial charge is 0.137 e. The van der Waals surface area contributed by atoms with Crippen LogP contribution in [-0.2, 0) is 4.79 Å². The molecule has 0 spiro atoms. The van der Waals surface area contributed by atoms with E-state index in [1.807, 2.05) is 0 Å². The summed E-state index contributed by atoms with van der Waals surface area (Å²) in [5.74, 6) is 0.434. The molecule has 0 aromatic carbocycles. The van der Waals surface area contributed by atoms with E-state index in [2.05, 4.69) is 12.6 Å². The Morgan fingerprint density at radius 3 is 1.78 bits per heavy atom. The lowest BCUT2D eigenvalue weighted by atomic mass is 10.4. The Hall–Kier alpha value is -0.0200. The van der Waals surface area contributed by atoms with Gasteiger partial charge in [-0.15, -0.1) is 0 Å². The molecule has 3 heteroatoms. The summed E-state index contributed by atoms with van der Waals surface area (Å²) in [4.78, 5) is 9.56. The molecule has 0 saturated heterocycles. The van der Waals surface area contributed by atoms with E-state index in [9.17, 15) is 4.79 Å². The highest BCUT2D eigenvalue weighted by molar-refractivity contribution is 7.80. The second kappa shape index (κ2) is 15.7. The molecule has 2 nitrogen and oxygen atoms in total. The van der Waals surface area contributed by atoms with Crippen LogP contribution in [-0.4, -0.2) is 18.1 Å². The Morgan fingerprint density at radius 2 is 1.78 bits per heavy atom. The molecule has 0 aromatic heterocycles. The molecule has 0 aliphatic rings. The minimum atomic E-state index is -0.381. The summed E-state index contributed by atoms with van der Waals surface area (Å²) in [6.45, 7) is 0. The highest BCUT2D eigenvalue weighted by atomic mass is 32.1. The molecule has 0 amide bonds. The summed E-state index contributed by atoms with van der Waals surface area (Å²) in [6.07, 6.45) is 0.674. The summed E-state index contributed by atoms with van der Waals surface area (Å²) >= 11 is 3.74. The number of carbonyl (C=O) groups is 1. The van der Waals surface area contributed by atoms with E-state index in [4.69, 9.17) is 5.73 Å². The first-order chi connectivity index (χ1) is 2.81. The zero-order valence-electron chi connectivity index (χ0n) is 3.29. The van der Waals surface area contributed by atoms with Crippen LogP contribution in [0.15, 0.2) is 0 Å². The fourth-order valence-electron chi connectivity index (χ4n) is 0.0430. The fourth-order valence-corrected chi connectivity index (χ4v) is 0.129. The first-order valence-corrected chi connectivity index (χ1v) is 2.26. The van der Waals surface area contributed by atoms with E-state index in [1.54, 1.807) is 0 Å². The van der Waals surface area contributed by atoms with Gasteiger partial charge in [0.2, 0.25) is 0 Å². The van der Waals surface area contributed by atoms with Crippen LogP contribution in [0.2, 0.25) is 0 Å². The minimum Gasteiger partial charge on any atom is -0.321 e. The number of carbonyl (C=O) groups excluding carboxylic acids is 1. The predicted molar refractivity (Wildman–Crippen MR) is 48.1 cm³/mol. The van der Waals surface area contributed by atoms with E-state index in [0.717, 1.165) is 0 Å². The highest BCUT2D eigenvalue weighted by Gasteiger charge is 1.89. The molecule has 9 heavy (non-hydrogen) atoms. The van der Waals surface area contributed by atoms with Crippen LogP contribution in [0.1, 0.15) is 22.3 Å². The normalized spacial score (nSPS) is 9.11. The van der Waals surface area contributed by atoms with Crippen molar-refractivity contribution in [1.29, 1.82) is 0 Å². The minimum absolute atomic E-state index is 0. The third-order valence-electron chi connectivity index (χ3n) is 0.386. The molecule has 1 atom stereocenters. The Bertz CT molecular complexity index is 50.3. The molecule has 0 aliphatic heterocycles. The SMILES string of the molecule is C.C.C.N[C@H](C=O)CS. The molecule has 0 aliphatic carbocycles. The molecule has 60 valence electrons. The standard InChI is InChI=1S/C3H7NOS.3CH4/c4-3(1-5)2-6;;;/h1,3,6H,2,4H2;3*1H4/t3-;;;/m1.../s1. The third-order valence-corrected chi connectivity index (χ3v) is 0.807. The van der Waals surface area contributed by atoms with E-state index < -0.39 is 0 Å². The van der Waals surface area contributed by atoms with Crippen LogP contribution in [0.3, 0.4) is 0 Å². The van der Waals surface area contributed by atoms with Crippen molar-refractivity contribution < 1.29 is 4.79 Å². The summed E-state index contributed by atoms with van der Waals surface area (Å²) < 4.78 is 0. The summed E-state index contributed by atoms with van der Waals surface area (Å²) in [6, 6.07) is -0.381. The second-order valence-corrected chi connectivity index (χ2v) is 1.35. The number of aldehydes is 1. The maximum absolute atomic E-state index is 9.56. The van der Waals surface area contributed by atoms with E-state index >= 15 is 0 Å². The van der Waals surface area contributed by atoms with Crippen LogP contribution in [0, 0.1) is 0 Å². The molecule has 2 N–H and O–H groups in total. The number of thiol groups is 1. The van der Waals surface area contributed by atoms with Gasteiger partial charge in [-0.3, -0.25) is 0 Å². The second-order valence-electron chi connectivity index (χ2n) is 0.983. The van der Waals surface area contributed by atoms with Gasteiger partial charge < -0.3 is 10.5 Å². The highest BCUT2D eigenvalue weighted by Crippen LogP contribution is 1.73. The number of rotatable bonds is 2. The summed E-state index contributed by atoms with van der Waals surface area (Å²) in [5, 5.41) is 0. The molecular weight excluding hydrogens is 134 g/mol. The molecule has 0 bridgehead atoms. The Balaban J connectivity index is -0.0000000417. The van der Waals surface area contributed by atoms with Crippen molar-refractivity contribution in [3.63, 3.8) is 0 Å². The lowest BCUT2D eigenvalue weighted by molar-refractivity contribution is -0.108. The van der Waals surface area contributed by atoms with Gasteiger partial charge in [-0.05, 0) is 0 Å². The van der Waals surface area contributed by atoms with Crippen molar-refractivity contribution in [1.82, 2.24) is 0 Å². The van der Waals surface area contributed by atoms with Crippen molar-refractivity contribution in [2.75, 3.05) is 5.75 Å². The van der Waals surface area contributed by atoms with Gasteiger partial charge in [0, 0.05) is 5.75 Å². The van der Waals surface area contributed by atoms with Crippen molar-refractivity contribution in [3.8, 4) is 0 Å². The van der Waals surface area contributed by atoms with Crippen molar-refractivity contribution in [3.05, 3.63) is 0 Å². The van der Waals surface area contributed by atoms with Gasteiger partial charge in [0.15, 0.2) is 0 Å². The molecule has 0 rings (SSSR count). The molecule has 0 radical (unpaired) electrons. The van der Waals surface area contributed by atoms with Gasteiger partial charge in [-0.1, -0.05) is 22.3 Å². The van der Waals surface area contributed by atoms with E-state index in [1.165, 1.54) is 0 Å². The number of hydrogen-bond donors (Lipinski definition) is 2. The first kappa shape index (κ1) is 23.1. The zero-order chi connectivity index (χ0) is 4.99. The Morgan fingerprint density at radius 1 is 1.44 bits per heavy atom. The van der Waals surface area contributed by atoms with Gasteiger partial charge in [0.05, 0.1) is 6.04 Å². The van der Waals surface area contributed by atoms with Gasteiger partial charge in [-0.25, -0.2) is 0 Å². The van der Waals surface area contributed by atoms with E-state index in [0.29, 0.717) is 12.0 Å². The Kier molecular flexibility index (Phi) is 40.2. The average molecular weight is 153 g/mol. The van der Waals surface area contributed by atoms with Gasteiger partial charge >= 0.3 is 0 Å². The van der Waals surface area contributed by atoms with Crippen LogP contribution in [0.5, 0.6) is 0 Å². The van der Waals surface area contributed by atoms with Crippen LogP contribution >= 0.6 is 12.6 Å². The molecule has 0 heterocycles. The average Bonchev–Trinajstić information content (AvgIpc) is 1.65. The van der Waals surface area contributed by atoms with Crippen molar-refractivity contribution >= 4 is 18.9 Å². The lowest BCUT2D eigenvalue weighted by Crippen LogP contribution is -2.22. The molecule has 0 saturated carbocycles. The summed E-state index contributed by atoms with van der Waals surface area (Å²) in [7, 11) is 0. The Labute approximate surface area is 64.2 Å².